The second-order valence-electron chi connectivity index (χ2n) is 5.18. The van der Waals surface area contributed by atoms with Crippen molar-refractivity contribution in [3.05, 3.63) is 39.9 Å². The van der Waals surface area contributed by atoms with Crippen molar-refractivity contribution < 1.29 is 8.42 Å². The molecule has 0 spiro atoms. The van der Waals surface area contributed by atoms with Crippen LogP contribution in [0.15, 0.2) is 39.2 Å². The molecule has 0 heterocycles. The maximum absolute atomic E-state index is 12.1. The average Bonchev–Trinajstić information content (AvgIpc) is 2.41. The number of nitrogens with one attached hydrogen (secondary N) is 1. The number of benzene rings is 1. The van der Waals surface area contributed by atoms with Gasteiger partial charge in [0.2, 0.25) is 10.0 Å². The van der Waals surface area contributed by atoms with Gasteiger partial charge in [0.15, 0.2) is 0 Å². The van der Waals surface area contributed by atoms with Gasteiger partial charge in [-0.1, -0.05) is 39.2 Å². The summed E-state index contributed by atoms with van der Waals surface area (Å²) < 4.78 is 28.2. The van der Waals surface area contributed by atoms with Gasteiger partial charge in [0, 0.05) is 6.54 Å². The lowest BCUT2D eigenvalue weighted by Gasteiger charge is -2.16. The zero-order valence-electron chi connectivity index (χ0n) is 11.7. The van der Waals surface area contributed by atoms with Gasteiger partial charge in [-0.25, -0.2) is 13.1 Å². The Morgan fingerprint density at radius 2 is 1.80 bits per heavy atom. The molecule has 0 aliphatic heterocycles. The second-order valence-corrected chi connectivity index (χ2v) is 7.90. The number of halogens is 1. The van der Waals surface area contributed by atoms with Crippen molar-refractivity contribution in [1.82, 2.24) is 4.72 Å². The normalized spacial score (nSPS) is 16.5. The Morgan fingerprint density at radius 3 is 2.45 bits per heavy atom. The molecule has 2 rings (SSSR count). The molecule has 1 aromatic rings. The van der Waals surface area contributed by atoms with Crippen LogP contribution in [-0.2, 0) is 10.0 Å². The van der Waals surface area contributed by atoms with E-state index in [0.29, 0.717) is 11.4 Å². The van der Waals surface area contributed by atoms with E-state index in [9.17, 15) is 8.42 Å². The summed E-state index contributed by atoms with van der Waals surface area (Å²) >= 11 is 3.59. The maximum atomic E-state index is 12.1. The first-order valence-corrected chi connectivity index (χ1v) is 9.19. The van der Waals surface area contributed by atoms with Crippen LogP contribution in [0.4, 0.5) is 0 Å². The van der Waals surface area contributed by atoms with Crippen LogP contribution in [0.25, 0.3) is 0 Å². The quantitative estimate of drug-likeness (QED) is 0.868. The summed E-state index contributed by atoms with van der Waals surface area (Å²) in [6.07, 6.45) is 5.37. The number of aryl methyl sites for hydroxylation is 1. The van der Waals surface area contributed by atoms with Crippen LogP contribution in [0, 0.1) is 6.92 Å². The Kier molecular flexibility index (Phi) is 5.41. The Hall–Kier alpha value is -0.650. The molecule has 5 heteroatoms. The van der Waals surface area contributed by atoms with Gasteiger partial charge in [-0.05, 0) is 55.6 Å². The van der Waals surface area contributed by atoms with Gasteiger partial charge in [0.25, 0.3) is 0 Å². The van der Waals surface area contributed by atoms with Crippen molar-refractivity contribution in [2.24, 2.45) is 0 Å². The average molecular weight is 358 g/mol. The molecule has 20 heavy (non-hydrogen) atoms. The van der Waals surface area contributed by atoms with Crippen LogP contribution in [0.1, 0.15) is 37.7 Å². The standard InChI is InChI=1S/C15H20BrNO2S/c1-12-6-8-14(9-7-12)20(18,19)17-11-10-13-4-2-3-5-15(13)16/h6-9,17H,2-5,10-11H2,1H3. The molecule has 0 aromatic heterocycles. The molecule has 0 radical (unpaired) electrons. The van der Waals surface area contributed by atoms with E-state index in [1.54, 1.807) is 12.1 Å². The summed E-state index contributed by atoms with van der Waals surface area (Å²) in [7, 11) is -3.38. The van der Waals surface area contributed by atoms with Crippen molar-refractivity contribution in [3.8, 4) is 0 Å². The van der Waals surface area contributed by atoms with Crippen molar-refractivity contribution in [2.75, 3.05) is 6.54 Å². The third-order valence-electron chi connectivity index (χ3n) is 3.56. The van der Waals surface area contributed by atoms with Crippen LogP contribution >= 0.6 is 15.9 Å². The van der Waals surface area contributed by atoms with E-state index in [1.807, 2.05) is 19.1 Å². The molecule has 1 N–H and O–H groups in total. The molecule has 0 atom stereocenters. The summed E-state index contributed by atoms with van der Waals surface area (Å²) in [5.41, 5.74) is 2.41. The largest absolute Gasteiger partial charge is 0.240 e. The van der Waals surface area contributed by atoms with E-state index < -0.39 is 10.0 Å². The predicted octanol–water partition coefficient (Wildman–Crippen LogP) is 3.89. The summed E-state index contributed by atoms with van der Waals surface area (Å²) in [4.78, 5) is 0.333. The lowest BCUT2D eigenvalue weighted by molar-refractivity contribution is 0.579. The fourth-order valence-electron chi connectivity index (χ4n) is 2.33. The molecule has 0 saturated heterocycles. The first-order valence-electron chi connectivity index (χ1n) is 6.92. The molecule has 1 aromatic carbocycles. The Balaban J connectivity index is 1.94. The van der Waals surface area contributed by atoms with E-state index in [-0.39, 0.29) is 0 Å². The first-order chi connectivity index (χ1) is 9.49. The highest BCUT2D eigenvalue weighted by atomic mass is 79.9. The van der Waals surface area contributed by atoms with E-state index in [0.717, 1.165) is 24.8 Å². The van der Waals surface area contributed by atoms with Gasteiger partial charge < -0.3 is 0 Å². The maximum Gasteiger partial charge on any atom is 0.240 e. The van der Waals surface area contributed by atoms with Crippen molar-refractivity contribution in [3.63, 3.8) is 0 Å². The zero-order valence-corrected chi connectivity index (χ0v) is 14.1. The fraction of sp³-hybridized carbons (Fsp3) is 0.467. The summed E-state index contributed by atoms with van der Waals surface area (Å²) in [5, 5.41) is 0. The molecule has 0 unspecified atom stereocenters. The van der Waals surface area contributed by atoms with Crippen LogP contribution in [-0.4, -0.2) is 15.0 Å². The third-order valence-corrected chi connectivity index (χ3v) is 5.99. The summed E-state index contributed by atoms with van der Waals surface area (Å²) in [6.45, 7) is 2.40. The van der Waals surface area contributed by atoms with Crippen LogP contribution < -0.4 is 4.72 Å². The first kappa shape index (κ1) is 15.7. The number of hydrogen-bond acceptors (Lipinski definition) is 2. The monoisotopic (exact) mass is 357 g/mol. The molecule has 110 valence electrons. The van der Waals surface area contributed by atoms with E-state index in [1.165, 1.54) is 22.9 Å². The van der Waals surface area contributed by atoms with Gasteiger partial charge in [-0.15, -0.1) is 0 Å². The molecule has 0 bridgehead atoms. The van der Waals surface area contributed by atoms with Crippen molar-refractivity contribution >= 4 is 26.0 Å². The lowest BCUT2D eigenvalue weighted by atomic mass is 9.97. The van der Waals surface area contributed by atoms with Crippen LogP contribution in [0.3, 0.4) is 0 Å². The van der Waals surface area contributed by atoms with Crippen molar-refractivity contribution in [2.45, 2.75) is 43.9 Å². The fourth-order valence-corrected chi connectivity index (χ4v) is 4.04. The Labute approximate surface area is 129 Å². The van der Waals surface area contributed by atoms with Crippen molar-refractivity contribution in [1.29, 1.82) is 0 Å². The van der Waals surface area contributed by atoms with Gasteiger partial charge in [0.1, 0.15) is 0 Å². The van der Waals surface area contributed by atoms with Crippen LogP contribution in [0.5, 0.6) is 0 Å². The minimum atomic E-state index is -3.38. The molecule has 0 amide bonds. The minimum Gasteiger partial charge on any atom is -0.211 e. The highest BCUT2D eigenvalue weighted by Crippen LogP contribution is 2.30. The summed E-state index contributed by atoms with van der Waals surface area (Å²) in [5.74, 6) is 0. The molecule has 1 aliphatic rings. The molecular formula is C15H20BrNO2S. The summed E-state index contributed by atoms with van der Waals surface area (Å²) in [6, 6.07) is 6.92. The molecule has 3 nitrogen and oxygen atoms in total. The minimum absolute atomic E-state index is 0.333. The Bertz CT molecular complexity index is 591. The van der Waals surface area contributed by atoms with Gasteiger partial charge >= 0.3 is 0 Å². The van der Waals surface area contributed by atoms with E-state index in [4.69, 9.17) is 0 Å². The number of rotatable bonds is 5. The molecular weight excluding hydrogens is 338 g/mol. The van der Waals surface area contributed by atoms with Gasteiger partial charge in [0.05, 0.1) is 4.90 Å². The highest BCUT2D eigenvalue weighted by molar-refractivity contribution is 9.11. The molecule has 0 saturated carbocycles. The Morgan fingerprint density at radius 1 is 1.15 bits per heavy atom. The smallest absolute Gasteiger partial charge is 0.211 e. The number of hydrogen-bond donors (Lipinski definition) is 1. The van der Waals surface area contributed by atoms with Crippen LogP contribution in [0.2, 0.25) is 0 Å². The second kappa shape index (κ2) is 6.87. The SMILES string of the molecule is Cc1ccc(S(=O)(=O)NCCC2=C(Br)CCCC2)cc1. The van der Waals surface area contributed by atoms with E-state index in [2.05, 4.69) is 20.7 Å². The van der Waals surface area contributed by atoms with E-state index >= 15 is 0 Å². The zero-order chi connectivity index (χ0) is 14.6. The topological polar surface area (TPSA) is 46.2 Å². The molecule has 0 fully saturated rings. The lowest BCUT2D eigenvalue weighted by Crippen LogP contribution is -2.25. The number of allylic oxidation sites excluding steroid dienone is 1. The molecule has 1 aliphatic carbocycles. The van der Waals surface area contributed by atoms with Gasteiger partial charge in [-0.2, -0.15) is 0 Å². The predicted molar refractivity (Wildman–Crippen MR) is 85.4 cm³/mol. The van der Waals surface area contributed by atoms with Gasteiger partial charge in [-0.3, -0.25) is 0 Å². The highest BCUT2D eigenvalue weighted by Gasteiger charge is 2.15. The third kappa shape index (κ3) is 4.17. The number of sulfonamides is 1.